The molecule has 7 heteroatoms. The maximum Gasteiger partial charge on any atom is 0.238 e. The summed E-state index contributed by atoms with van der Waals surface area (Å²) in [6.07, 6.45) is 2.63. The number of amides is 1. The number of piperidine rings is 1. The number of carbonyl (C=O) groups excluding carboxylic acids is 1. The van der Waals surface area contributed by atoms with Crippen LogP contribution in [0.2, 0.25) is 0 Å². The lowest BCUT2D eigenvalue weighted by Crippen LogP contribution is -2.32. The quantitative estimate of drug-likeness (QED) is 0.730. The van der Waals surface area contributed by atoms with Gasteiger partial charge >= 0.3 is 0 Å². The van der Waals surface area contributed by atoms with Crippen LogP contribution in [-0.4, -0.2) is 27.4 Å². The summed E-state index contributed by atoms with van der Waals surface area (Å²) in [4.78, 5) is 11.9. The number of benzene rings is 1. The first-order valence-electron chi connectivity index (χ1n) is 7.04. The van der Waals surface area contributed by atoms with Crippen LogP contribution in [0.5, 0.6) is 0 Å². The molecule has 0 atom stereocenters. The largest absolute Gasteiger partial charge is 0.352 e. The standard InChI is InChI=1S/C14H21N3O3S/c15-21(19,20)13-3-1-12(2-4-13)10-17-14(18)9-11-5-7-16-8-6-11/h1-4,11,16H,5-10H2,(H,17,18)(H2,15,19,20). The molecule has 2 rings (SSSR count). The normalized spacial score (nSPS) is 16.6. The summed E-state index contributed by atoms with van der Waals surface area (Å²) in [5.41, 5.74) is 0.848. The molecular formula is C14H21N3O3S. The second-order valence-corrected chi connectivity index (χ2v) is 6.92. The van der Waals surface area contributed by atoms with Crippen molar-refractivity contribution in [2.24, 2.45) is 11.1 Å². The molecule has 21 heavy (non-hydrogen) atoms. The lowest BCUT2D eigenvalue weighted by molar-refractivity contribution is -0.122. The van der Waals surface area contributed by atoms with Gasteiger partial charge in [0.05, 0.1) is 4.90 Å². The van der Waals surface area contributed by atoms with Crippen molar-refractivity contribution in [1.82, 2.24) is 10.6 Å². The zero-order chi connectivity index (χ0) is 15.3. The molecule has 1 aromatic rings. The molecule has 1 heterocycles. The zero-order valence-electron chi connectivity index (χ0n) is 11.8. The molecule has 0 aromatic heterocycles. The van der Waals surface area contributed by atoms with Gasteiger partial charge in [-0.3, -0.25) is 4.79 Å². The van der Waals surface area contributed by atoms with Crippen LogP contribution >= 0.6 is 0 Å². The fraction of sp³-hybridized carbons (Fsp3) is 0.500. The molecule has 0 radical (unpaired) electrons. The van der Waals surface area contributed by atoms with Crippen LogP contribution in [0.15, 0.2) is 29.2 Å². The minimum atomic E-state index is -3.66. The van der Waals surface area contributed by atoms with Crippen LogP contribution in [0, 0.1) is 5.92 Å². The van der Waals surface area contributed by atoms with E-state index in [1.54, 1.807) is 12.1 Å². The van der Waals surface area contributed by atoms with E-state index in [2.05, 4.69) is 10.6 Å². The van der Waals surface area contributed by atoms with Gasteiger partial charge in [-0.15, -0.1) is 0 Å². The number of carbonyl (C=O) groups is 1. The molecule has 0 aliphatic carbocycles. The SMILES string of the molecule is NS(=O)(=O)c1ccc(CNC(=O)CC2CCNCC2)cc1. The Kier molecular flexibility index (Phi) is 5.33. The van der Waals surface area contributed by atoms with Gasteiger partial charge in [0.2, 0.25) is 15.9 Å². The molecular weight excluding hydrogens is 290 g/mol. The second kappa shape index (κ2) is 7.02. The molecule has 1 aliphatic heterocycles. The third kappa shape index (κ3) is 5.11. The van der Waals surface area contributed by atoms with Crippen LogP contribution in [0.25, 0.3) is 0 Å². The van der Waals surface area contributed by atoms with Crippen molar-refractivity contribution in [3.05, 3.63) is 29.8 Å². The summed E-state index contributed by atoms with van der Waals surface area (Å²) in [6.45, 7) is 2.36. The molecule has 116 valence electrons. The Bertz CT molecular complexity index is 578. The molecule has 0 spiro atoms. The molecule has 0 saturated carbocycles. The summed E-state index contributed by atoms with van der Waals surface area (Å²) < 4.78 is 22.3. The monoisotopic (exact) mass is 311 g/mol. The maximum atomic E-state index is 11.9. The summed E-state index contributed by atoms with van der Waals surface area (Å²) >= 11 is 0. The highest BCUT2D eigenvalue weighted by Gasteiger charge is 2.16. The fourth-order valence-corrected chi connectivity index (χ4v) is 2.93. The van der Waals surface area contributed by atoms with Crippen molar-refractivity contribution in [1.29, 1.82) is 0 Å². The second-order valence-electron chi connectivity index (χ2n) is 5.36. The molecule has 6 nitrogen and oxygen atoms in total. The lowest BCUT2D eigenvalue weighted by atomic mass is 9.94. The highest BCUT2D eigenvalue weighted by Crippen LogP contribution is 2.15. The predicted molar refractivity (Wildman–Crippen MR) is 79.9 cm³/mol. The molecule has 1 aromatic carbocycles. The van der Waals surface area contributed by atoms with Crippen molar-refractivity contribution >= 4 is 15.9 Å². The molecule has 1 saturated heterocycles. The third-order valence-corrected chi connectivity index (χ3v) is 4.60. The Morgan fingerprint density at radius 2 is 1.86 bits per heavy atom. The van der Waals surface area contributed by atoms with Crippen molar-refractivity contribution in [2.45, 2.75) is 30.7 Å². The smallest absolute Gasteiger partial charge is 0.238 e. The Hall–Kier alpha value is -1.44. The number of hydrogen-bond donors (Lipinski definition) is 3. The van der Waals surface area contributed by atoms with E-state index in [1.807, 2.05) is 0 Å². The van der Waals surface area contributed by atoms with Crippen LogP contribution < -0.4 is 15.8 Å². The van der Waals surface area contributed by atoms with Gasteiger partial charge < -0.3 is 10.6 Å². The number of primary sulfonamides is 1. The third-order valence-electron chi connectivity index (χ3n) is 3.67. The number of hydrogen-bond acceptors (Lipinski definition) is 4. The number of rotatable bonds is 5. The van der Waals surface area contributed by atoms with Crippen LogP contribution in [0.4, 0.5) is 0 Å². The fourth-order valence-electron chi connectivity index (χ4n) is 2.42. The van der Waals surface area contributed by atoms with Gasteiger partial charge in [-0.25, -0.2) is 13.6 Å². The van der Waals surface area contributed by atoms with Crippen molar-refractivity contribution in [3.8, 4) is 0 Å². The van der Waals surface area contributed by atoms with Gasteiger partial charge in [0, 0.05) is 13.0 Å². The van der Waals surface area contributed by atoms with Crippen molar-refractivity contribution < 1.29 is 13.2 Å². The summed E-state index contributed by atoms with van der Waals surface area (Å²) in [6, 6.07) is 6.21. The Labute approximate surface area is 125 Å². The van der Waals surface area contributed by atoms with Crippen LogP contribution in [0.3, 0.4) is 0 Å². The van der Waals surface area contributed by atoms with Crippen molar-refractivity contribution in [3.63, 3.8) is 0 Å². The van der Waals surface area contributed by atoms with Gasteiger partial charge in [0.25, 0.3) is 0 Å². The average molecular weight is 311 g/mol. The minimum absolute atomic E-state index is 0.0393. The van der Waals surface area contributed by atoms with Gasteiger partial charge in [-0.05, 0) is 49.5 Å². The Morgan fingerprint density at radius 3 is 2.43 bits per heavy atom. The molecule has 1 fully saturated rings. The highest BCUT2D eigenvalue weighted by molar-refractivity contribution is 7.89. The zero-order valence-corrected chi connectivity index (χ0v) is 12.7. The predicted octanol–water partition coefficient (Wildman–Crippen LogP) is 0.340. The molecule has 0 unspecified atom stereocenters. The minimum Gasteiger partial charge on any atom is -0.352 e. The van der Waals surface area contributed by atoms with E-state index in [1.165, 1.54) is 12.1 Å². The van der Waals surface area contributed by atoms with E-state index in [-0.39, 0.29) is 10.8 Å². The van der Waals surface area contributed by atoms with Gasteiger partial charge in [0.1, 0.15) is 0 Å². The Morgan fingerprint density at radius 1 is 1.24 bits per heavy atom. The van der Waals surface area contributed by atoms with E-state index < -0.39 is 10.0 Å². The first kappa shape index (κ1) is 15.9. The molecule has 1 aliphatic rings. The van der Waals surface area contributed by atoms with E-state index in [0.29, 0.717) is 18.9 Å². The maximum absolute atomic E-state index is 11.9. The van der Waals surface area contributed by atoms with Gasteiger partial charge in [-0.2, -0.15) is 0 Å². The summed E-state index contributed by atoms with van der Waals surface area (Å²) in [5.74, 6) is 0.494. The number of nitrogens with two attached hydrogens (primary N) is 1. The molecule has 4 N–H and O–H groups in total. The van der Waals surface area contributed by atoms with Gasteiger partial charge in [0.15, 0.2) is 0 Å². The number of nitrogens with one attached hydrogen (secondary N) is 2. The first-order valence-corrected chi connectivity index (χ1v) is 8.59. The first-order chi connectivity index (χ1) is 9.95. The van der Waals surface area contributed by atoms with E-state index in [0.717, 1.165) is 31.5 Å². The summed E-state index contributed by atoms with van der Waals surface area (Å²) in [5, 5.41) is 11.2. The van der Waals surface area contributed by atoms with Crippen molar-refractivity contribution in [2.75, 3.05) is 13.1 Å². The van der Waals surface area contributed by atoms with E-state index in [4.69, 9.17) is 5.14 Å². The van der Waals surface area contributed by atoms with E-state index in [9.17, 15) is 13.2 Å². The van der Waals surface area contributed by atoms with Crippen LogP contribution in [-0.2, 0) is 21.4 Å². The van der Waals surface area contributed by atoms with Crippen LogP contribution in [0.1, 0.15) is 24.8 Å². The Balaban J connectivity index is 1.81. The average Bonchev–Trinajstić information content (AvgIpc) is 2.46. The lowest BCUT2D eigenvalue weighted by Gasteiger charge is -2.21. The summed E-state index contributed by atoms with van der Waals surface area (Å²) in [7, 11) is -3.66. The molecule has 1 amide bonds. The van der Waals surface area contributed by atoms with Gasteiger partial charge in [-0.1, -0.05) is 12.1 Å². The number of sulfonamides is 1. The topological polar surface area (TPSA) is 101 Å². The molecule has 0 bridgehead atoms. The van der Waals surface area contributed by atoms with E-state index >= 15 is 0 Å². The highest BCUT2D eigenvalue weighted by atomic mass is 32.2.